The van der Waals surface area contributed by atoms with Crippen molar-refractivity contribution in [3.63, 3.8) is 0 Å². The van der Waals surface area contributed by atoms with Crippen LogP contribution in [-0.2, 0) is 6.61 Å². The third-order valence-corrected chi connectivity index (χ3v) is 5.16. The molecular weight excluding hydrogens is 334 g/mol. The zero-order valence-electron chi connectivity index (χ0n) is 13.5. The van der Waals surface area contributed by atoms with Crippen LogP contribution in [-0.4, -0.2) is 19.1 Å². The van der Waals surface area contributed by atoms with E-state index in [4.69, 9.17) is 9.47 Å². The molecule has 0 unspecified atom stereocenters. The summed E-state index contributed by atoms with van der Waals surface area (Å²) in [6.45, 7) is 1.41. The highest BCUT2D eigenvalue weighted by Crippen LogP contribution is 2.42. The van der Waals surface area contributed by atoms with Gasteiger partial charge in [-0.15, -0.1) is 11.3 Å². The molecule has 25 heavy (non-hydrogen) atoms. The molecule has 0 atom stereocenters. The number of para-hydroxylation sites is 2. The summed E-state index contributed by atoms with van der Waals surface area (Å²) >= 11 is 1.51. The Bertz CT molecular complexity index is 889. The van der Waals surface area contributed by atoms with Crippen LogP contribution in [0, 0.1) is 0 Å². The summed E-state index contributed by atoms with van der Waals surface area (Å²) in [6.07, 6.45) is 0. The van der Waals surface area contributed by atoms with Crippen LogP contribution in [0.5, 0.6) is 11.5 Å². The minimum absolute atomic E-state index is 0.0754. The Morgan fingerprint density at radius 3 is 2.80 bits per heavy atom. The second-order valence-corrected chi connectivity index (χ2v) is 6.72. The Morgan fingerprint density at radius 1 is 1.12 bits per heavy atom. The largest absolute Gasteiger partial charge is 0.492 e. The Kier molecular flexibility index (Phi) is 4.39. The smallest absolute Gasteiger partial charge is 0.261 e. The molecule has 2 heterocycles. The Balaban J connectivity index is 1.38. The molecule has 4 rings (SSSR count). The number of rotatable bonds is 5. The van der Waals surface area contributed by atoms with Gasteiger partial charge in [0.15, 0.2) is 0 Å². The molecule has 1 N–H and O–H groups in total. The van der Waals surface area contributed by atoms with Gasteiger partial charge in [-0.3, -0.25) is 4.79 Å². The van der Waals surface area contributed by atoms with Crippen LogP contribution < -0.4 is 14.8 Å². The Labute approximate surface area is 150 Å². The molecule has 1 amide bonds. The molecule has 4 nitrogen and oxygen atoms in total. The molecule has 0 bridgehead atoms. The van der Waals surface area contributed by atoms with Crippen LogP contribution in [0.25, 0.3) is 10.4 Å². The molecule has 0 fully saturated rings. The first-order chi connectivity index (χ1) is 12.3. The van der Waals surface area contributed by atoms with E-state index in [1.54, 1.807) is 0 Å². The molecule has 0 spiro atoms. The SMILES string of the molecule is O=C(NCCOc1ccccc1)c1cc2c(s1)-c1ccccc1OC2. The van der Waals surface area contributed by atoms with Crippen molar-refractivity contribution in [1.82, 2.24) is 5.32 Å². The molecule has 0 aliphatic carbocycles. The zero-order valence-corrected chi connectivity index (χ0v) is 14.3. The van der Waals surface area contributed by atoms with Crippen LogP contribution >= 0.6 is 11.3 Å². The number of amides is 1. The van der Waals surface area contributed by atoms with Crippen LogP contribution in [0.15, 0.2) is 60.7 Å². The molecule has 0 saturated heterocycles. The quantitative estimate of drug-likeness (QED) is 0.704. The summed E-state index contributed by atoms with van der Waals surface area (Å²) in [5.41, 5.74) is 2.12. The highest BCUT2D eigenvalue weighted by molar-refractivity contribution is 7.17. The Morgan fingerprint density at radius 2 is 1.92 bits per heavy atom. The lowest BCUT2D eigenvalue weighted by Crippen LogP contribution is -2.27. The average Bonchev–Trinajstić information content (AvgIpc) is 3.11. The molecule has 1 aliphatic rings. The molecule has 1 aliphatic heterocycles. The van der Waals surface area contributed by atoms with Crippen molar-refractivity contribution in [2.24, 2.45) is 0 Å². The number of ether oxygens (including phenoxy) is 2. The summed E-state index contributed by atoms with van der Waals surface area (Å²) in [6, 6.07) is 19.4. The lowest BCUT2D eigenvalue weighted by molar-refractivity contribution is 0.0951. The first kappa shape index (κ1) is 15.7. The zero-order chi connectivity index (χ0) is 17.1. The molecule has 126 valence electrons. The molecule has 2 aromatic carbocycles. The third-order valence-electron chi connectivity index (χ3n) is 3.95. The predicted octanol–water partition coefficient (Wildman–Crippen LogP) is 4.12. The maximum Gasteiger partial charge on any atom is 0.261 e. The summed E-state index contributed by atoms with van der Waals surface area (Å²) in [5.74, 6) is 1.60. The number of nitrogens with one attached hydrogen (secondary N) is 1. The number of carbonyl (C=O) groups excluding carboxylic acids is 1. The lowest BCUT2D eigenvalue weighted by Gasteiger charge is -2.16. The van der Waals surface area contributed by atoms with Crippen molar-refractivity contribution in [1.29, 1.82) is 0 Å². The van der Waals surface area contributed by atoms with Gasteiger partial charge >= 0.3 is 0 Å². The maximum atomic E-state index is 12.4. The molecular formula is C20H17NO3S. The van der Waals surface area contributed by atoms with Gasteiger partial charge in [-0.1, -0.05) is 30.3 Å². The van der Waals surface area contributed by atoms with Crippen molar-refractivity contribution >= 4 is 17.2 Å². The minimum atomic E-state index is -0.0754. The van der Waals surface area contributed by atoms with Gasteiger partial charge in [0.2, 0.25) is 0 Å². The van der Waals surface area contributed by atoms with E-state index in [-0.39, 0.29) is 5.91 Å². The van der Waals surface area contributed by atoms with Gasteiger partial charge in [-0.2, -0.15) is 0 Å². The predicted molar refractivity (Wildman–Crippen MR) is 98.4 cm³/mol. The van der Waals surface area contributed by atoms with Gasteiger partial charge in [0, 0.05) is 16.0 Å². The number of fused-ring (bicyclic) bond motifs is 3. The van der Waals surface area contributed by atoms with E-state index < -0.39 is 0 Å². The van der Waals surface area contributed by atoms with Crippen LogP contribution in [0.3, 0.4) is 0 Å². The summed E-state index contributed by atoms with van der Waals surface area (Å²) < 4.78 is 11.3. The fourth-order valence-corrected chi connectivity index (χ4v) is 3.86. The van der Waals surface area contributed by atoms with Gasteiger partial charge in [0.1, 0.15) is 24.7 Å². The first-order valence-corrected chi connectivity index (χ1v) is 8.94. The number of thiophene rings is 1. The maximum absolute atomic E-state index is 12.4. The van der Waals surface area contributed by atoms with E-state index in [0.29, 0.717) is 24.6 Å². The minimum Gasteiger partial charge on any atom is -0.492 e. The van der Waals surface area contributed by atoms with Gasteiger partial charge in [0.25, 0.3) is 5.91 Å². The molecule has 3 aromatic rings. The fraction of sp³-hybridized carbons (Fsp3) is 0.150. The normalized spacial score (nSPS) is 11.8. The first-order valence-electron chi connectivity index (χ1n) is 8.12. The third kappa shape index (κ3) is 3.37. The molecule has 5 heteroatoms. The summed E-state index contributed by atoms with van der Waals surface area (Å²) in [7, 11) is 0. The van der Waals surface area contributed by atoms with Crippen molar-refractivity contribution in [3.8, 4) is 21.9 Å². The Hall–Kier alpha value is -2.79. The van der Waals surface area contributed by atoms with E-state index in [2.05, 4.69) is 5.32 Å². The number of carbonyl (C=O) groups is 1. The van der Waals surface area contributed by atoms with Crippen molar-refractivity contribution < 1.29 is 14.3 Å². The number of hydrogen-bond acceptors (Lipinski definition) is 4. The number of benzene rings is 2. The summed E-state index contributed by atoms with van der Waals surface area (Å²) in [5, 5.41) is 2.91. The molecule has 1 aromatic heterocycles. The average molecular weight is 351 g/mol. The standard InChI is InChI=1S/C20H17NO3S/c22-20(21-10-11-23-15-6-2-1-3-7-15)18-12-14-13-24-17-9-5-4-8-16(17)19(14)25-18/h1-9,12H,10-11,13H2,(H,21,22). The van der Waals surface area contributed by atoms with Crippen molar-refractivity contribution in [2.45, 2.75) is 6.61 Å². The second-order valence-electron chi connectivity index (χ2n) is 5.67. The van der Waals surface area contributed by atoms with Crippen LogP contribution in [0.1, 0.15) is 15.2 Å². The van der Waals surface area contributed by atoms with E-state index >= 15 is 0 Å². The topological polar surface area (TPSA) is 47.6 Å². The highest BCUT2D eigenvalue weighted by Gasteiger charge is 2.22. The monoisotopic (exact) mass is 351 g/mol. The number of hydrogen-bond donors (Lipinski definition) is 1. The fourth-order valence-electron chi connectivity index (χ4n) is 2.75. The van der Waals surface area contributed by atoms with E-state index in [9.17, 15) is 4.79 Å². The van der Waals surface area contributed by atoms with Gasteiger partial charge in [-0.25, -0.2) is 0 Å². The van der Waals surface area contributed by atoms with E-state index in [1.165, 1.54) is 11.3 Å². The molecule has 0 radical (unpaired) electrons. The van der Waals surface area contributed by atoms with Crippen LogP contribution in [0.4, 0.5) is 0 Å². The van der Waals surface area contributed by atoms with Gasteiger partial charge in [0.05, 0.1) is 11.4 Å². The van der Waals surface area contributed by atoms with Gasteiger partial charge in [-0.05, 0) is 30.3 Å². The molecule has 0 saturated carbocycles. The van der Waals surface area contributed by atoms with Crippen LogP contribution in [0.2, 0.25) is 0 Å². The van der Waals surface area contributed by atoms with Crippen molar-refractivity contribution in [3.05, 3.63) is 71.1 Å². The summed E-state index contributed by atoms with van der Waals surface area (Å²) in [4.78, 5) is 14.2. The van der Waals surface area contributed by atoms with E-state index in [0.717, 1.165) is 27.5 Å². The second kappa shape index (κ2) is 6.99. The highest BCUT2D eigenvalue weighted by atomic mass is 32.1. The van der Waals surface area contributed by atoms with Crippen molar-refractivity contribution in [2.75, 3.05) is 13.2 Å². The van der Waals surface area contributed by atoms with E-state index in [1.807, 2.05) is 60.7 Å². The lowest BCUT2D eigenvalue weighted by atomic mass is 10.1. The van der Waals surface area contributed by atoms with Gasteiger partial charge < -0.3 is 14.8 Å².